The number of nitro groups is 1. The highest BCUT2D eigenvalue weighted by Gasteiger charge is 1.95. The molecule has 1 unspecified atom stereocenters. The summed E-state index contributed by atoms with van der Waals surface area (Å²) in [7, 11) is 0. The van der Waals surface area contributed by atoms with Crippen LogP contribution < -0.4 is 0 Å². The lowest BCUT2D eigenvalue weighted by Crippen LogP contribution is -1.99. The Bertz CT molecular complexity index is 423. The molecule has 0 radical (unpaired) electrons. The number of aliphatic hydroxyl groups excluding tert-OH is 1. The lowest BCUT2D eigenvalue weighted by atomic mass is 10.1. The van der Waals surface area contributed by atoms with E-state index in [4.69, 9.17) is 5.11 Å². The first kappa shape index (κ1) is 23.3. The van der Waals surface area contributed by atoms with Crippen molar-refractivity contribution in [3.05, 3.63) is 58.7 Å². The first-order valence-electron chi connectivity index (χ1n) is 9.52. The van der Waals surface area contributed by atoms with Crippen molar-refractivity contribution < 1.29 is 10.0 Å². The quantitative estimate of drug-likeness (QED) is 0.166. The normalized spacial score (nSPS) is 13.7. The van der Waals surface area contributed by atoms with Crippen LogP contribution in [0.25, 0.3) is 0 Å². The largest absolute Gasteiger partial charge is 0.393 e. The van der Waals surface area contributed by atoms with Gasteiger partial charge in [0.2, 0.25) is 6.54 Å². The van der Waals surface area contributed by atoms with Gasteiger partial charge in [-0.3, -0.25) is 10.1 Å². The molecule has 0 aliphatic carbocycles. The Labute approximate surface area is 153 Å². The van der Waals surface area contributed by atoms with Crippen molar-refractivity contribution in [2.45, 2.75) is 77.2 Å². The van der Waals surface area contributed by atoms with E-state index in [1.807, 2.05) is 6.92 Å². The zero-order valence-corrected chi connectivity index (χ0v) is 15.7. The molecule has 0 heterocycles. The topological polar surface area (TPSA) is 63.4 Å². The fraction of sp³-hybridized carbons (Fsp3) is 0.619. The van der Waals surface area contributed by atoms with Crippen molar-refractivity contribution in [3.8, 4) is 0 Å². The summed E-state index contributed by atoms with van der Waals surface area (Å²) in [5, 5.41) is 19.3. The van der Waals surface area contributed by atoms with Gasteiger partial charge < -0.3 is 5.11 Å². The molecule has 4 nitrogen and oxygen atoms in total. The molecule has 1 N–H and O–H groups in total. The van der Waals surface area contributed by atoms with Gasteiger partial charge in [-0.25, -0.2) is 0 Å². The molecule has 0 spiro atoms. The molecule has 0 saturated carbocycles. The molecule has 0 fully saturated rings. The third-order valence-electron chi connectivity index (χ3n) is 3.69. The Hall–Kier alpha value is -1.68. The number of rotatable bonds is 16. The van der Waals surface area contributed by atoms with Gasteiger partial charge in [0, 0.05) is 11.3 Å². The van der Waals surface area contributed by atoms with Crippen LogP contribution in [0.1, 0.15) is 71.1 Å². The van der Waals surface area contributed by atoms with Crippen molar-refractivity contribution in [1.82, 2.24) is 0 Å². The van der Waals surface area contributed by atoms with Gasteiger partial charge in [-0.1, -0.05) is 48.6 Å². The van der Waals surface area contributed by atoms with E-state index in [-0.39, 0.29) is 17.6 Å². The van der Waals surface area contributed by atoms with Crippen LogP contribution in [-0.2, 0) is 0 Å². The number of hydrogen-bond acceptors (Lipinski definition) is 3. The molecule has 0 aliphatic rings. The van der Waals surface area contributed by atoms with Gasteiger partial charge in [-0.2, -0.15) is 0 Å². The monoisotopic (exact) mass is 349 g/mol. The van der Waals surface area contributed by atoms with Crippen molar-refractivity contribution in [2.75, 3.05) is 6.54 Å². The summed E-state index contributed by atoms with van der Waals surface area (Å²) in [5.41, 5.74) is 0. The summed E-state index contributed by atoms with van der Waals surface area (Å²) in [6, 6.07) is 0. The van der Waals surface area contributed by atoms with E-state index in [0.717, 1.165) is 57.8 Å². The van der Waals surface area contributed by atoms with E-state index >= 15 is 0 Å². The van der Waals surface area contributed by atoms with Crippen LogP contribution in [0, 0.1) is 10.1 Å². The highest BCUT2D eigenvalue weighted by molar-refractivity contribution is 4.99. The minimum absolute atomic E-state index is 0.0960. The van der Waals surface area contributed by atoms with Gasteiger partial charge in [0.05, 0.1) is 6.10 Å². The molecule has 0 amide bonds. The van der Waals surface area contributed by atoms with Crippen LogP contribution >= 0.6 is 0 Å². The van der Waals surface area contributed by atoms with Crippen molar-refractivity contribution in [2.24, 2.45) is 0 Å². The highest BCUT2D eigenvalue weighted by atomic mass is 16.6. The molecule has 25 heavy (non-hydrogen) atoms. The second-order valence-corrected chi connectivity index (χ2v) is 6.28. The fourth-order valence-electron chi connectivity index (χ4n) is 2.26. The Balaban J connectivity index is 3.40. The third kappa shape index (κ3) is 22.3. The van der Waals surface area contributed by atoms with E-state index in [9.17, 15) is 10.1 Å². The summed E-state index contributed by atoms with van der Waals surface area (Å²) in [6.45, 7) is 1.93. The molecule has 0 aromatic carbocycles. The van der Waals surface area contributed by atoms with Crippen LogP contribution in [0.2, 0.25) is 0 Å². The lowest BCUT2D eigenvalue weighted by molar-refractivity contribution is -0.480. The minimum atomic E-state index is -0.245. The van der Waals surface area contributed by atoms with Crippen molar-refractivity contribution >= 4 is 0 Å². The summed E-state index contributed by atoms with van der Waals surface area (Å²) >= 11 is 0. The van der Waals surface area contributed by atoms with Crippen molar-refractivity contribution in [3.63, 3.8) is 0 Å². The van der Waals surface area contributed by atoms with E-state index < -0.39 is 0 Å². The van der Waals surface area contributed by atoms with Crippen LogP contribution in [0.3, 0.4) is 0 Å². The van der Waals surface area contributed by atoms with Crippen LogP contribution in [0.5, 0.6) is 0 Å². The van der Waals surface area contributed by atoms with Crippen molar-refractivity contribution in [1.29, 1.82) is 0 Å². The van der Waals surface area contributed by atoms with E-state index in [0.29, 0.717) is 6.42 Å². The highest BCUT2D eigenvalue weighted by Crippen LogP contribution is 2.03. The molecule has 0 rings (SSSR count). The van der Waals surface area contributed by atoms with Crippen LogP contribution in [0.4, 0.5) is 0 Å². The number of allylic oxidation sites excluding steroid dienone is 8. The van der Waals surface area contributed by atoms with Gasteiger partial charge in [-0.05, 0) is 64.7 Å². The van der Waals surface area contributed by atoms with Gasteiger partial charge in [0.1, 0.15) is 0 Å². The Morgan fingerprint density at radius 3 is 1.76 bits per heavy atom. The standard InChI is InChI=1S/C21H35NO3/c1-21(23)19-17-15-13-11-9-7-5-3-2-4-6-8-10-12-14-16-18-20-22(24)25/h2,4-5,7-8,10-11,13,21,23H,3,6,9,12,14-20H2,1H3/b4-2-,7-5-,10-8-,13-11-. The molecular weight excluding hydrogens is 314 g/mol. The van der Waals surface area contributed by atoms with Gasteiger partial charge in [0.25, 0.3) is 0 Å². The molecular formula is C21H35NO3. The van der Waals surface area contributed by atoms with E-state index in [1.165, 1.54) is 0 Å². The number of aliphatic hydroxyl groups is 1. The average Bonchev–Trinajstić information content (AvgIpc) is 2.56. The summed E-state index contributed by atoms with van der Waals surface area (Å²) in [4.78, 5) is 9.91. The minimum Gasteiger partial charge on any atom is -0.393 e. The number of hydrogen-bond donors (Lipinski definition) is 1. The SMILES string of the molecule is CC(O)CCC/C=C\C/C=C\C/C=C\C/C=C\CCCCC[N+](=O)[O-]. The Morgan fingerprint density at radius 1 is 0.800 bits per heavy atom. The molecule has 0 saturated heterocycles. The van der Waals surface area contributed by atoms with Gasteiger partial charge in [-0.15, -0.1) is 0 Å². The lowest BCUT2D eigenvalue weighted by Gasteiger charge is -1.99. The maximum atomic E-state index is 10.2. The van der Waals surface area contributed by atoms with Crippen LogP contribution in [-0.4, -0.2) is 22.7 Å². The summed E-state index contributed by atoms with van der Waals surface area (Å²) < 4.78 is 0. The molecule has 0 bridgehead atoms. The maximum absolute atomic E-state index is 10.2. The first-order chi connectivity index (χ1) is 12.1. The molecule has 0 aromatic heterocycles. The maximum Gasteiger partial charge on any atom is 0.203 e. The van der Waals surface area contributed by atoms with Gasteiger partial charge in [0.15, 0.2) is 0 Å². The summed E-state index contributed by atoms with van der Waals surface area (Å²) in [5.74, 6) is 0. The molecule has 142 valence electrons. The second-order valence-electron chi connectivity index (χ2n) is 6.28. The first-order valence-corrected chi connectivity index (χ1v) is 9.52. The predicted molar refractivity (Wildman–Crippen MR) is 106 cm³/mol. The third-order valence-corrected chi connectivity index (χ3v) is 3.69. The molecule has 4 heteroatoms. The van der Waals surface area contributed by atoms with Gasteiger partial charge >= 0.3 is 0 Å². The Morgan fingerprint density at radius 2 is 1.28 bits per heavy atom. The number of unbranched alkanes of at least 4 members (excludes halogenated alkanes) is 4. The Kier molecular flexibility index (Phi) is 17.4. The molecule has 1 atom stereocenters. The van der Waals surface area contributed by atoms with E-state index in [1.54, 1.807) is 0 Å². The molecule has 0 aromatic rings. The van der Waals surface area contributed by atoms with E-state index in [2.05, 4.69) is 48.6 Å². The second kappa shape index (κ2) is 18.7. The number of nitrogens with zero attached hydrogens (tertiary/aromatic N) is 1. The molecule has 0 aliphatic heterocycles. The predicted octanol–water partition coefficient (Wildman–Crippen LogP) is 5.77. The fourth-order valence-corrected chi connectivity index (χ4v) is 2.26. The summed E-state index contributed by atoms with van der Waals surface area (Å²) in [6.07, 6.45) is 26.7. The van der Waals surface area contributed by atoms with Crippen LogP contribution in [0.15, 0.2) is 48.6 Å². The zero-order valence-electron chi connectivity index (χ0n) is 15.7. The zero-order chi connectivity index (χ0) is 18.6. The average molecular weight is 350 g/mol. The smallest absolute Gasteiger partial charge is 0.203 e.